The van der Waals surface area contributed by atoms with Crippen LogP contribution in [0.15, 0.2) is 65.7 Å². The van der Waals surface area contributed by atoms with E-state index >= 15 is 0 Å². The lowest BCUT2D eigenvalue weighted by Crippen LogP contribution is -2.16. The first-order chi connectivity index (χ1) is 10.7. The van der Waals surface area contributed by atoms with Crippen LogP contribution < -0.4 is 0 Å². The molecule has 0 aliphatic heterocycles. The second-order valence-electron chi connectivity index (χ2n) is 4.86. The highest BCUT2D eigenvalue weighted by atomic mass is 19.1. The first-order valence-electron chi connectivity index (χ1n) is 6.82. The number of halogens is 1. The van der Waals surface area contributed by atoms with Crippen LogP contribution in [0, 0.1) is 5.82 Å². The van der Waals surface area contributed by atoms with Gasteiger partial charge in [0.1, 0.15) is 5.82 Å². The Morgan fingerprint density at radius 1 is 1.18 bits per heavy atom. The number of benzene rings is 1. The van der Waals surface area contributed by atoms with Crippen molar-refractivity contribution in [2.45, 2.75) is 12.3 Å². The van der Waals surface area contributed by atoms with Crippen molar-refractivity contribution in [3.05, 3.63) is 84.1 Å². The highest BCUT2D eigenvalue weighted by Gasteiger charge is 2.25. The number of rotatable bonds is 5. The topological polar surface area (TPSA) is 56.0 Å². The first-order valence-corrected chi connectivity index (χ1v) is 6.82. The lowest BCUT2D eigenvalue weighted by molar-refractivity contribution is 0.0929. The molecule has 5 heteroatoms. The van der Waals surface area contributed by atoms with Gasteiger partial charge in [0.15, 0.2) is 5.76 Å². The maximum Gasteiger partial charge on any atom is 0.207 e. The highest BCUT2D eigenvalue weighted by Crippen LogP contribution is 2.24. The Kier molecular flexibility index (Phi) is 4.05. The number of nitrogens with zero attached hydrogens (tertiary/aromatic N) is 2. The fourth-order valence-electron chi connectivity index (χ4n) is 2.27. The zero-order chi connectivity index (χ0) is 15.4. The summed E-state index contributed by atoms with van der Waals surface area (Å²) in [5, 5.41) is 0. The minimum atomic E-state index is -0.523. The van der Waals surface area contributed by atoms with E-state index in [0.717, 1.165) is 5.56 Å². The fraction of sp³-hybridized carbons (Fsp3) is 0.118. The lowest BCUT2D eigenvalue weighted by atomic mass is 9.91. The van der Waals surface area contributed by atoms with Gasteiger partial charge in [0, 0.05) is 18.6 Å². The van der Waals surface area contributed by atoms with Crippen LogP contribution in [0.5, 0.6) is 0 Å². The van der Waals surface area contributed by atoms with Gasteiger partial charge in [-0.15, -0.1) is 0 Å². The summed E-state index contributed by atoms with van der Waals surface area (Å²) < 4.78 is 18.2. The molecule has 3 aromatic rings. The molecule has 0 aliphatic carbocycles. The van der Waals surface area contributed by atoms with Crippen molar-refractivity contribution in [1.82, 2.24) is 9.97 Å². The van der Waals surface area contributed by atoms with E-state index in [1.807, 2.05) is 0 Å². The van der Waals surface area contributed by atoms with Gasteiger partial charge in [-0.1, -0.05) is 12.1 Å². The molecule has 22 heavy (non-hydrogen) atoms. The van der Waals surface area contributed by atoms with E-state index in [-0.39, 0.29) is 17.4 Å². The van der Waals surface area contributed by atoms with Crippen LogP contribution in [0.2, 0.25) is 0 Å². The number of Topliss-reactive ketones (excluding diaryl/α,β-unsaturated/α-hetero) is 1. The van der Waals surface area contributed by atoms with Crippen LogP contribution in [0.3, 0.4) is 0 Å². The summed E-state index contributed by atoms with van der Waals surface area (Å²) in [7, 11) is 0. The Hall–Kier alpha value is -2.82. The predicted octanol–water partition coefficient (Wildman–Crippen LogP) is 3.42. The molecular weight excluding hydrogens is 283 g/mol. The summed E-state index contributed by atoms with van der Waals surface area (Å²) in [6, 6.07) is 9.36. The summed E-state index contributed by atoms with van der Waals surface area (Å²) >= 11 is 0. The average molecular weight is 296 g/mol. The largest absolute Gasteiger partial charge is 0.461 e. The van der Waals surface area contributed by atoms with Crippen molar-refractivity contribution in [1.29, 1.82) is 0 Å². The molecule has 0 amide bonds. The summed E-state index contributed by atoms with van der Waals surface area (Å²) in [5.41, 5.74) is 1.41. The van der Waals surface area contributed by atoms with Gasteiger partial charge in [0.2, 0.25) is 5.78 Å². The number of furan rings is 1. The fourth-order valence-corrected chi connectivity index (χ4v) is 2.27. The molecule has 4 nitrogen and oxygen atoms in total. The van der Waals surface area contributed by atoms with Crippen molar-refractivity contribution in [2.75, 3.05) is 0 Å². The Labute approximate surface area is 126 Å². The van der Waals surface area contributed by atoms with E-state index < -0.39 is 5.92 Å². The van der Waals surface area contributed by atoms with Crippen LogP contribution in [-0.2, 0) is 6.42 Å². The SMILES string of the molecule is O=C(c1ccco1)C(Cc1ccc(F)cc1)c1cnccn1. The van der Waals surface area contributed by atoms with E-state index in [2.05, 4.69) is 9.97 Å². The van der Waals surface area contributed by atoms with Gasteiger partial charge in [-0.05, 0) is 36.2 Å². The van der Waals surface area contributed by atoms with Gasteiger partial charge in [-0.2, -0.15) is 0 Å². The molecule has 0 N–H and O–H groups in total. The number of ketones is 1. The van der Waals surface area contributed by atoms with E-state index in [9.17, 15) is 9.18 Å². The highest BCUT2D eigenvalue weighted by molar-refractivity contribution is 5.98. The van der Waals surface area contributed by atoms with E-state index in [4.69, 9.17) is 4.42 Å². The number of carbonyl (C=O) groups excluding carboxylic acids is 1. The molecule has 0 radical (unpaired) electrons. The standard InChI is InChI=1S/C17H13FN2O2/c18-13-5-3-12(4-6-13)10-14(15-11-19-7-8-20-15)17(21)16-2-1-9-22-16/h1-9,11,14H,10H2. The van der Waals surface area contributed by atoms with Crippen LogP contribution >= 0.6 is 0 Å². The van der Waals surface area contributed by atoms with E-state index in [0.29, 0.717) is 12.1 Å². The summed E-state index contributed by atoms with van der Waals surface area (Å²) in [5.74, 6) is -0.727. The smallest absolute Gasteiger partial charge is 0.207 e. The second kappa shape index (κ2) is 6.30. The number of aromatic nitrogens is 2. The van der Waals surface area contributed by atoms with Crippen LogP contribution in [0.1, 0.15) is 27.7 Å². The lowest BCUT2D eigenvalue weighted by Gasteiger charge is -2.14. The van der Waals surface area contributed by atoms with E-state index in [1.165, 1.54) is 18.4 Å². The molecule has 110 valence electrons. The van der Waals surface area contributed by atoms with Crippen molar-refractivity contribution < 1.29 is 13.6 Å². The Balaban J connectivity index is 1.92. The third-order valence-electron chi connectivity index (χ3n) is 3.37. The van der Waals surface area contributed by atoms with Gasteiger partial charge >= 0.3 is 0 Å². The summed E-state index contributed by atoms with van der Waals surface area (Å²) in [4.78, 5) is 20.9. The number of carbonyl (C=O) groups is 1. The molecule has 0 spiro atoms. The Morgan fingerprint density at radius 3 is 2.64 bits per heavy atom. The molecule has 2 aromatic heterocycles. The second-order valence-corrected chi connectivity index (χ2v) is 4.86. The van der Waals surface area contributed by atoms with Crippen molar-refractivity contribution in [3.63, 3.8) is 0 Å². The van der Waals surface area contributed by atoms with Gasteiger partial charge in [-0.3, -0.25) is 14.8 Å². The molecule has 1 unspecified atom stereocenters. The Bertz CT molecular complexity index is 740. The zero-order valence-corrected chi connectivity index (χ0v) is 11.6. The van der Waals surface area contributed by atoms with Crippen LogP contribution in [0.25, 0.3) is 0 Å². The quantitative estimate of drug-likeness (QED) is 0.677. The Morgan fingerprint density at radius 2 is 2.00 bits per heavy atom. The minimum Gasteiger partial charge on any atom is -0.461 e. The monoisotopic (exact) mass is 296 g/mol. The molecule has 0 fully saturated rings. The van der Waals surface area contributed by atoms with Crippen molar-refractivity contribution in [3.8, 4) is 0 Å². The molecule has 0 saturated heterocycles. The van der Waals surface area contributed by atoms with Gasteiger partial charge in [-0.25, -0.2) is 4.39 Å². The van der Waals surface area contributed by atoms with E-state index in [1.54, 1.807) is 42.9 Å². The molecule has 0 bridgehead atoms. The molecule has 1 aromatic carbocycles. The molecule has 2 heterocycles. The molecule has 0 saturated carbocycles. The third kappa shape index (κ3) is 3.09. The maximum absolute atomic E-state index is 13.0. The number of hydrogen-bond donors (Lipinski definition) is 0. The average Bonchev–Trinajstić information content (AvgIpc) is 3.09. The summed E-state index contributed by atoms with van der Waals surface area (Å²) in [6.07, 6.45) is 6.52. The van der Waals surface area contributed by atoms with Gasteiger partial charge < -0.3 is 4.42 Å². The minimum absolute atomic E-state index is 0.171. The molecular formula is C17H13FN2O2. The molecule has 0 aliphatic rings. The molecule has 3 rings (SSSR count). The predicted molar refractivity (Wildman–Crippen MR) is 77.9 cm³/mol. The summed E-state index contributed by atoms with van der Waals surface area (Å²) in [6.45, 7) is 0. The van der Waals surface area contributed by atoms with Crippen LogP contribution in [0.4, 0.5) is 4.39 Å². The maximum atomic E-state index is 13.0. The third-order valence-corrected chi connectivity index (χ3v) is 3.37. The molecule has 1 atom stereocenters. The van der Waals surface area contributed by atoms with Crippen molar-refractivity contribution >= 4 is 5.78 Å². The number of hydrogen-bond acceptors (Lipinski definition) is 4. The van der Waals surface area contributed by atoms with Gasteiger partial charge in [0.05, 0.1) is 17.9 Å². The normalized spacial score (nSPS) is 12.0. The van der Waals surface area contributed by atoms with Crippen molar-refractivity contribution in [2.24, 2.45) is 0 Å². The van der Waals surface area contributed by atoms with Crippen LogP contribution in [-0.4, -0.2) is 15.8 Å². The zero-order valence-electron chi connectivity index (χ0n) is 11.6. The van der Waals surface area contributed by atoms with Gasteiger partial charge in [0.25, 0.3) is 0 Å². The first kappa shape index (κ1) is 14.1.